The zero-order valence-corrected chi connectivity index (χ0v) is 15.2. The first kappa shape index (κ1) is 19.3. The van der Waals surface area contributed by atoms with E-state index in [-0.39, 0.29) is 24.7 Å². The van der Waals surface area contributed by atoms with E-state index in [1.165, 1.54) is 31.8 Å². The Morgan fingerprint density at radius 2 is 1.96 bits per heavy atom. The van der Waals surface area contributed by atoms with Crippen molar-refractivity contribution in [3.8, 4) is 17.2 Å². The molecule has 0 aliphatic carbocycles. The number of primary amides is 1. The molecule has 9 heteroatoms. The van der Waals surface area contributed by atoms with Crippen molar-refractivity contribution in [2.45, 2.75) is 6.42 Å². The highest BCUT2D eigenvalue weighted by Crippen LogP contribution is 2.38. The van der Waals surface area contributed by atoms with Crippen LogP contribution in [0.2, 0.25) is 0 Å². The quantitative estimate of drug-likeness (QED) is 0.506. The van der Waals surface area contributed by atoms with E-state index in [0.717, 1.165) is 4.88 Å². The first-order valence-electron chi connectivity index (χ1n) is 7.55. The molecule has 0 fully saturated rings. The summed E-state index contributed by atoms with van der Waals surface area (Å²) in [6, 6.07) is 7.03. The highest BCUT2D eigenvalue weighted by Gasteiger charge is 2.14. The van der Waals surface area contributed by atoms with Crippen LogP contribution in [0.15, 0.2) is 34.7 Å². The maximum absolute atomic E-state index is 11.8. The molecule has 0 unspecified atom stereocenters. The maximum Gasteiger partial charge on any atom is 0.255 e. The molecule has 0 saturated carbocycles. The van der Waals surface area contributed by atoms with Gasteiger partial charge in [0.15, 0.2) is 18.1 Å². The van der Waals surface area contributed by atoms with Crippen LogP contribution >= 0.6 is 11.3 Å². The van der Waals surface area contributed by atoms with Crippen molar-refractivity contribution in [1.29, 1.82) is 0 Å². The summed E-state index contributed by atoms with van der Waals surface area (Å²) in [7, 11) is 2.91. The van der Waals surface area contributed by atoms with Gasteiger partial charge in [-0.3, -0.25) is 9.59 Å². The molecule has 1 heterocycles. The van der Waals surface area contributed by atoms with Gasteiger partial charge in [0.05, 0.1) is 26.9 Å². The predicted octanol–water partition coefficient (Wildman–Crippen LogP) is 1.32. The number of hydrogen-bond donors (Lipinski definition) is 2. The third-order valence-electron chi connectivity index (χ3n) is 3.16. The molecule has 2 amide bonds. The van der Waals surface area contributed by atoms with Crippen molar-refractivity contribution >= 4 is 29.4 Å². The fourth-order valence-corrected chi connectivity index (χ4v) is 2.75. The molecule has 2 aromatic rings. The lowest BCUT2D eigenvalue weighted by Crippen LogP contribution is -2.20. The number of nitrogens with zero attached hydrogens (tertiary/aromatic N) is 1. The molecule has 0 saturated heterocycles. The molecule has 2 rings (SSSR count). The summed E-state index contributed by atoms with van der Waals surface area (Å²) < 4.78 is 15.8. The Morgan fingerprint density at radius 1 is 1.27 bits per heavy atom. The van der Waals surface area contributed by atoms with Gasteiger partial charge in [-0.05, 0) is 23.6 Å². The molecule has 8 nitrogen and oxygen atoms in total. The number of nitrogens with two attached hydrogens (primary N) is 1. The Hall–Kier alpha value is -3.07. The van der Waals surface area contributed by atoms with E-state index in [0.29, 0.717) is 17.1 Å². The Kier molecular flexibility index (Phi) is 6.98. The minimum Gasteiger partial charge on any atom is -0.493 e. The van der Waals surface area contributed by atoms with Crippen molar-refractivity contribution < 1.29 is 23.8 Å². The topological polar surface area (TPSA) is 112 Å². The maximum atomic E-state index is 11.8. The molecule has 3 N–H and O–H groups in total. The molecule has 0 bridgehead atoms. The van der Waals surface area contributed by atoms with E-state index in [4.69, 9.17) is 19.9 Å². The number of hydrogen-bond acceptors (Lipinski definition) is 7. The zero-order chi connectivity index (χ0) is 18.9. The molecule has 0 spiro atoms. The van der Waals surface area contributed by atoms with E-state index in [1.54, 1.807) is 12.1 Å². The second kappa shape index (κ2) is 9.42. The van der Waals surface area contributed by atoms with Crippen LogP contribution in [0.3, 0.4) is 0 Å². The Balaban J connectivity index is 2.08. The molecule has 0 radical (unpaired) electrons. The molecular formula is C17H19N3O5S. The summed E-state index contributed by atoms with van der Waals surface area (Å²) in [4.78, 5) is 23.7. The first-order valence-corrected chi connectivity index (χ1v) is 8.43. The summed E-state index contributed by atoms with van der Waals surface area (Å²) in [6.07, 6.45) is 1.72. The average molecular weight is 377 g/mol. The number of carbonyl (C=O) groups excluding carboxylic acids is 2. The van der Waals surface area contributed by atoms with Crippen LogP contribution in [0.25, 0.3) is 0 Å². The fraction of sp³-hybridized carbons (Fsp3) is 0.235. The van der Waals surface area contributed by atoms with Crippen molar-refractivity contribution in [3.63, 3.8) is 0 Å². The lowest BCUT2D eigenvalue weighted by molar-refractivity contribution is -0.121. The molecular weight excluding hydrogens is 358 g/mol. The van der Waals surface area contributed by atoms with E-state index < -0.39 is 5.91 Å². The Morgan fingerprint density at radius 3 is 2.50 bits per heavy atom. The summed E-state index contributed by atoms with van der Waals surface area (Å²) in [6.45, 7) is -0.307. The van der Waals surface area contributed by atoms with Crippen LogP contribution < -0.4 is 25.4 Å². The third kappa shape index (κ3) is 5.49. The van der Waals surface area contributed by atoms with Gasteiger partial charge in [0.25, 0.3) is 5.91 Å². The highest BCUT2D eigenvalue weighted by molar-refractivity contribution is 7.10. The lowest BCUT2D eigenvalue weighted by Gasteiger charge is -2.14. The molecule has 0 atom stereocenters. The van der Waals surface area contributed by atoms with Crippen LogP contribution in [-0.2, 0) is 16.0 Å². The van der Waals surface area contributed by atoms with Crippen LogP contribution in [0.1, 0.15) is 10.4 Å². The summed E-state index contributed by atoms with van der Waals surface area (Å²) >= 11 is 1.51. The minimum absolute atomic E-state index is 0.218. The van der Waals surface area contributed by atoms with Gasteiger partial charge in [-0.15, -0.1) is 11.3 Å². The second-order valence-electron chi connectivity index (χ2n) is 5.06. The fourth-order valence-electron chi connectivity index (χ4n) is 2.05. The third-order valence-corrected chi connectivity index (χ3v) is 4.04. The van der Waals surface area contributed by atoms with Gasteiger partial charge in [0.1, 0.15) is 0 Å². The lowest BCUT2D eigenvalue weighted by atomic mass is 10.2. The highest BCUT2D eigenvalue weighted by atomic mass is 32.1. The van der Waals surface area contributed by atoms with Gasteiger partial charge in [0, 0.05) is 10.4 Å². The van der Waals surface area contributed by atoms with Crippen molar-refractivity contribution in [3.05, 3.63) is 40.1 Å². The van der Waals surface area contributed by atoms with Gasteiger partial charge >= 0.3 is 0 Å². The first-order chi connectivity index (χ1) is 12.5. The Labute approximate surface area is 154 Å². The van der Waals surface area contributed by atoms with Crippen molar-refractivity contribution in [2.75, 3.05) is 20.8 Å². The Bertz CT molecular complexity index is 765. The van der Waals surface area contributed by atoms with E-state index in [2.05, 4.69) is 10.5 Å². The minimum atomic E-state index is -0.617. The average Bonchev–Trinajstić information content (AvgIpc) is 3.12. The smallest absolute Gasteiger partial charge is 0.255 e. The normalized spacial score (nSPS) is 10.5. The van der Waals surface area contributed by atoms with Crippen LogP contribution in [0, 0.1) is 0 Å². The number of carbonyl (C=O) groups is 2. The number of nitrogens with one attached hydrogen (secondary N) is 1. The molecule has 0 aliphatic rings. The monoisotopic (exact) mass is 377 g/mol. The van der Waals surface area contributed by atoms with E-state index in [1.807, 2.05) is 17.5 Å². The van der Waals surface area contributed by atoms with Gasteiger partial charge in [-0.2, -0.15) is 5.10 Å². The number of benzene rings is 1. The number of ether oxygens (including phenoxy) is 3. The van der Waals surface area contributed by atoms with Crippen LogP contribution in [-0.4, -0.2) is 38.9 Å². The zero-order valence-electron chi connectivity index (χ0n) is 14.4. The summed E-state index contributed by atoms with van der Waals surface area (Å²) in [5, 5.41) is 5.84. The largest absolute Gasteiger partial charge is 0.493 e. The van der Waals surface area contributed by atoms with E-state index >= 15 is 0 Å². The second-order valence-corrected chi connectivity index (χ2v) is 6.09. The molecule has 138 valence electrons. The molecule has 0 aliphatic heterocycles. The molecule has 1 aromatic heterocycles. The number of methoxy groups -OCH3 is 2. The standard InChI is InChI=1S/C17H19N3O5S/c1-23-13-6-11(7-14(24-2)17(13)25-10-15(18)21)9-19-20-16(22)8-12-4-3-5-26-12/h3-7,9H,8,10H2,1-2H3,(H2,18,21)(H,20,22)/b19-9-. The van der Waals surface area contributed by atoms with Crippen molar-refractivity contribution in [2.24, 2.45) is 10.8 Å². The number of thiophene rings is 1. The summed E-state index contributed by atoms with van der Waals surface area (Å²) in [5.41, 5.74) is 8.16. The van der Waals surface area contributed by atoms with E-state index in [9.17, 15) is 9.59 Å². The molecule has 1 aromatic carbocycles. The number of rotatable bonds is 9. The van der Waals surface area contributed by atoms with Crippen LogP contribution in [0.4, 0.5) is 0 Å². The van der Waals surface area contributed by atoms with Gasteiger partial charge in [-0.25, -0.2) is 5.43 Å². The summed E-state index contributed by atoms with van der Waals surface area (Å²) in [5.74, 6) is 0.110. The number of hydrazone groups is 1. The van der Waals surface area contributed by atoms with Crippen LogP contribution in [0.5, 0.6) is 17.2 Å². The number of amides is 2. The van der Waals surface area contributed by atoms with Gasteiger partial charge in [-0.1, -0.05) is 6.07 Å². The van der Waals surface area contributed by atoms with Gasteiger partial charge in [0.2, 0.25) is 11.7 Å². The SMILES string of the molecule is COc1cc(/C=N\NC(=O)Cc2cccs2)cc(OC)c1OCC(N)=O. The molecule has 26 heavy (non-hydrogen) atoms. The predicted molar refractivity (Wildman–Crippen MR) is 98.0 cm³/mol. The van der Waals surface area contributed by atoms with Gasteiger partial charge < -0.3 is 19.9 Å². The van der Waals surface area contributed by atoms with Crippen molar-refractivity contribution in [1.82, 2.24) is 5.43 Å².